The van der Waals surface area contributed by atoms with Gasteiger partial charge in [0.2, 0.25) is 15.9 Å². The number of fused-ring (bicyclic) bond motifs is 1. The Bertz CT molecular complexity index is 1380. The van der Waals surface area contributed by atoms with Crippen LogP contribution in [-0.4, -0.2) is 51.4 Å². The van der Waals surface area contributed by atoms with E-state index in [1.165, 1.54) is 48.1 Å². The molecule has 1 heterocycles. The van der Waals surface area contributed by atoms with Gasteiger partial charge in [0, 0.05) is 16.4 Å². The van der Waals surface area contributed by atoms with Gasteiger partial charge in [-0.1, -0.05) is 30.9 Å². The van der Waals surface area contributed by atoms with E-state index in [1.54, 1.807) is 24.3 Å². The second-order valence-corrected chi connectivity index (χ2v) is 11.9. The Kier molecular flexibility index (Phi) is 8.19. The molecule has 1 fully saturated rings. The third-order valence-corrected chi connectivity index (χ3v) is 9.48. The highest BCUT2D eigenvalue weighted by molar-refractivity contribution is 7.89. The van der Waals surface area contributed by atoms with Crippen LogP contribution < -0.4 is 10.1 Å². The van der Waals surface area contributed by atoms with E-state index in [1.807, 2.05) is 0 Å². The minimum atomic E-state index is -4.00. The van der Waals surface area contributed by atoms with Crippen molar-refractivity contribution in [3.05, 3.63) is 52.4 Å². The molecular weight excluding hydrogens is 524 g/mol. The summed E-state index contributed by atoms with van der Waals surface area (Å²) in [5.74, 6) is -0.503. The fraction of sp³-hybridized carbons (Fsp3) is 0.360. The zero-order chi connectivity index (χ0) is 25.9. The number of halogens is 1. The number of hydrogen-bond donors (Lipinski definition) is 1. The summed E-state index contributed by atoms with van der Waals surface area (Å²) in [6, 6.07) is 11.0. The van der Waals surface area contributed by atoms with Gasteiger partial charge >= 0.3 is 5.97 Å². The summed E-state index contributed by atoms with van der Waals surface area (Å²) in [5, 5.41) is 3.77. The van der Waals surface area contributed by atoms with E-state index >= 15 is 0 Å². The molecule has 3 aromatic rings. The molecule has 1 saturated carbocycles. The first kappa shape index (κ1) is 26.4. The maximum Gasteiger partial charge on any atom is 0.348 e. The first-order valence-corrected chi connectivity index (χ1v) is 14.1. The van der Waals surface area contributed by atoms with Crippen molar-refractivity contribution in [2.75, 3.05) is 26.1 Å². The van der Waals surface area contributed by atoms with E-state index in [9.17, 15) is 18.0 Å². The zero-order valence-electron chi connectivity index (χ0n) is 20.0. The molecule has 1 aliphatic rings. The fourth-order valence-electron chi connectivity index (χ4n) is 4.39. The summed E-state index contributed by atoms with van der Waals surface area (Å²) in [6.45, 7) is -0.328. The summed E-state index contributed by atoms with van der Waals surface area (Å²) >= 11 is 7.50. The van der Waals surface area contributed by atoms with Crippen molar-refractivity contribution in [2.24, 2.45) is 0 Å². The normalized spacial score (nSPS) is 14.7. The average Bonchev–Trinajstić information content (AvgIpc) is 3.30. The molecule has 4 rings (SSSR count). The van der Waals surface area contributed by atoms with Crippen LogP contribution in [0.4, 0.5) is 5.69 Å². The highest BCUT2D eigenvalue weighted by atomic mass is 35.5. The van der Waals surface area contributed by atoms with Gasteiger partial charge in [0.25, 0.3) is 0 Å². The number of methoxy groups -OCH3 is 2. The van der Waals surface area contributed by atoms with E-state index in [4.69, 9.17) is 21.1 Å². The summed E-state index contributed by atoms with van der Waals surface area (Å²) < 4.78 is 39.4. The maximum atomic E-state index is 13.6. The largest absolute Gasteiger partial charge is 0.495 e. The molecule has 0 unspecified atom stereocenters. The molecule has 2 aromatic carbocycles. The molecule has 8 nitrogen and oxygen atoms in total. The van der Waals surface area contributed by atoms with Crippen molar-refractivity contribution < 1.29 is 27.5 Å². The molecule has 0 bridgehead atoms. The Morgan fingerprint density at radius 2 is 1.83 bits per heavy atom. The highest BCUT2D eigenvalue weighted by Crippen LogP contribution is 2.32. The predicted octanol–water partition coefficient (Wildman–Crippen LogP) is 5.31. The van der Waals surface area contributed by atoms with Crippen LogP contribution in [0.3, 0.4) is 0 Å². The van der Waals surface area contributed by atoms with Crippen LogP contribution in [0.5, 0.6) is 5.75 Å². The number of amides is 1. The molecule has 11 heteroatoms. The zero-order valence-corrected chi connectivity index (χ0v) is 22.3. The van der Waals surface area contributed by atoms with Gasteiger partial charge in [0.1, 0.15) is 10.6 Å². The second kappa shape index (κ2) is 11.2. The highest BCUT2D eigenvalue weighted by Gasteiger charge is 2.34. The maximum absolute atomic E-state index is 13.6. The molecule has 1 aliphatic carbocycles. The van der Waals surface area contributed by atoms with Crippen LogP contribution in [0.2, 0.25) is 5.02 Å². The van der Waals surface area contributed by atoms with Crippen LogP contribution in [0.1, 0.15) is 41.8 Å². The van der Waals surface area contributed by atoms with Crippen LogP contribution in [0, 0.1) is 0 Å². The molecule has 0 spiro atoms. The fourth-order valence-corrected chi connectivity index (χ4v) is 7.34. The monoisotopic (exact) mass is 550 g/mol. The molecule has 192 valence electrons. The summed E-state index contributed by atoms with van der Waals surface area (Å²) in [4.78, 5) is 25.4. The number of benzene rings is 2. The molecule has 1 aromatic heterocycles. The number of anilines is 1. The lowest BCUT2D eigenvalue weighted by Crippen LogP contribution is -2.45. The number of sulfonamides is 1. The lowest BCUT2D eigenvalue weighted by atomic mass is 9.95. The number of esters is 1. The topological polar surface area (TPSA) is 102 Å². The van der Waals surface area contributed by atoms with E-state index < -0.39 is 21.9 Å². The Hall–Kier alpha value is -2.66. The number of rotatable bonds is 8. The first-order chi connectivity index (χ1) is 17.2. The Labute approximate surface area is 219 Å². The van der Waals surface area contributed by atoms with Crippen molar-refractivity contribution in [2.45, 2.75) is 43.0 Å². The number of thiophene rings is 1. The predicted molar refractivity (Wildman–Crippen MR) is 141 cm³/mol. The van der Waals surface area contributed by atoms with Gasteiger partial charge in [0.05, 0.1) is 30.7 Å². The van der Waals surface area contributed by atoms with Crippen LogP contribution in [0.15, 0.2) is 47.4 Å². The van der Waals surface area contributed by atoms with E-state index in [-0.39, 0.29) is 22.5 Å². The quantitative estimate of drug-likeness (QED) is 0.381. The average molecular weight is 551 g/mol. The van der Waals surface area contributed by atoms with E-state index in [0.717, 1.165) is 29.3 Å². The summed E-state index contributed by atoms with van der Waals surface area (Å²) in [5.41, 5.74) is 0.509. The van der Waals surface area contributed by atoms with Gasteiger partial charge in [0.15, 0.2) is 0 Å². The van der Waals surface area contributed by atoms with Crippen LogP contribution in [0.25, 0.3) is 10.1 Å². The van der Waals surface area contributed by atoms with Gasteiger partial charge in [-0.15, -0.1) is 11.3 Å². The number of ether oxygens (including phenoxy) is 2. The molecule has 0 aliphatic heterocycles. The molecule has 1 N–H and O–H groups in total. The van der Waals surface area contributed by atoms with E-state index in [2.05, 4.69) is 5.32 Å². The number of carbonyl (C=O) groups excluding carboxylic acids is 2. The third-order valence-electron chi connectivity index (χ3n) is 6.20. The standard InChI is InChI=1S/C25H27ClN2O6S2/c1-33-21-10-9-19(14-20(21)26)36(31,32)28(18-6-4-3-5-7-18)15-24(29)27-17-8-11-22-16(12-17)13-23(35-22)25(30)34-2/h8-14,18H,3-7,15H2,1-2H3,(H,27,29). The Morgan fingerprint density at radius 3 is 2.50 bits per heavy atom. The van der Waals surface area contributed by atoms with Crippen LogP contribution in [-0.2, 0) is 19.6 Å². The Balaban J connectivity index is 1.57. The molecule has 0 saturated heterocycles. The number of nitrogens with one attached hydrogen (secondary N) is 1. The number of nitrogens with zero attached hydrogens (tertiary/aromatic N) is 1. The molecule has 0 atom stereocenters. The second-order valence-electron chi connectivity index (χ2n) is 8.54. The molecule has 1 amide bonds. The number of hydrogen-bond acceptors (Lipinski definition) is 7. The van der Waals surface area contributed by atoms with Crippen molar-refractivity contribution in [3.63, 3.8) is 0 Å². The van der Waals surface area contributed by atoms with Gasteiger partial charge in [-0.3, -0.25) is 4.79 Å². The van der Waals surface area contributed by atoms with Gasteiger partial charge in [-0.25, -0.2) is 13.2 Å². The molecule has 36 heavy (non-hydrogen) atoms. The van der Waals surface area contributed by atoms with Crippen molar-refractivity contribution in [3.8, 4) is 5.75 Å². The third kappa shape index (κ3) is 5.67. The lowest BCUT2D eigenvalue weighted by molar-refractivity contribution is -0.116. The minimum Gasteiger partial charge on any atom is -0.495 e. The SMILES string of the molecule is COC(=O)c1cc2cc(NC(=O)CN(C3CCCCC3)S(=O)(=O)c3ccc(OC)c(Cl)c3)ccc2s1. The first-order valence-electron chi connectivity index (χ1n) is 11.5. The molecule has 0 radical (unpaired) electrons. The lowest BCUT2D eigenvalue weighted by Gasteiger charge is -2.33. The summed E-state index contributed by atoms with van der Waals surface area (Å²) in [6.07, 6.45) is 4.22. The van der Waals surface area contributed by atoms with Gasteiger partial charge < -0.3 is 14.8 Å². The van der Waals surface area contributed by atoms with Crippen molar-refractivity contribution in [1.82, 2.24) is 4.31 Å². The van der Waals surface area contributed by atoms with Crippen molar-refractivity contribution in [1.29, 1.82) is 0 Å². The minimum absolute atomic E-state index is 0.0155. The number of carbonyl (C=O) groups is 2. The van der Waals surface area contributed by atoms with Crippen LogP contribution >= 0.6 is 22.9 Å². The van der Waals surface area contributed by atoms with Gasteiger partial charge in [-0.05, 0) is 60.7 Å². The van der Waals surface area contributed by atoms with Gasteiger partial charge in [-0.2, -0.15) is 4.31 Å². The Morgan fingerprint density at radius 1 is 1.08 bits per heavy atom. The smallest absolute Gasteiger partial charge is 0.348 e. The summed E-state index contributed by atoms with van der Waals surface area (Å²) in [7, 11) is -1.22. The molecular formula is C25H27ClN2O6S2. The van der Waals surface area contributed by atoms with E-state index in [0.29, 0.717) is 29.2 Å². The van der Waals surface area contributed by atoms with Crippen molar-refractivity contribution >= 4 is 60.6 Å².